The maximum atomic E-state index is 11.6. The van der Waals surface area contributed by atoms with Gasteiger partial charge in [0.25, 0.3) is 0 Å². The van der Waals surface area contributed by atoms with Crippen molar-refractivity contribution in [2.75, 3.05) is 6.61 Å². The Bertz CT molecular complexity index is 427. The minimum Gasteiger partial charge on any atom is -0.394 e. The molecule has 0 saturated heterocycles. The molecule has 0 bridgehead atoms. The van der Waals surface area contributed by atoms with E-state index in [0.29, 0.717) is 10.0 Å². The van der Waals surface area contributed by atoms with Crippen LogP contribution in [0.4, 0.5) is 4.79 Å². The summed E-state index contributed by atoms with van der Waals surface area (Å²) in [6, 6.07) is 4.33. The van der Waals surface area contributed by atoms with Crippen LogP contribution in [-0.2, 0) is 0 Å². The summed E-state index contributed by atoms with van der Waals surface area (Å²) >= 11 is 12.0. The Morgan fingerprint density at radius 1 is 1.33 bits per heavy atom. The molecule has 0 spiro atoms. The number of aliphatic hydroxyl groups excluding tert-OH is 1. The van der Waals surface area contributed by atoms with Gasteiger partial charge in [0.2, 0.25) is 0 Å². The Morgan fingerprint density at radius 3 is 2.61 bits per heavy atom. The average Bonchev–Trinajstić information content (AvgIpc) is 2.32. The number of amides is 2. The number of nitrogens with one attached hydrogen (secondary N) is 2. The fraction of sp³-hybridized carbons (Fsp3) is 0.417. The largest absolute Gasteiger partial charge is 0.394 e. The molecule has 0 saturated carbocycles. The number of hydrogen-bond donors (Lipinski definition) is 3. The number of halogens is 2. The van der Waals surface area contributed by atoms with E-state index in [0.717, 1.165) is 5.56 Å². The second-order valence-electron chi connectivity index (χ2n) is 4.07. The lowest BCUT2D eigenvalue weighted by Gasteiger charge is -2.18. The van der Waals surface area contributed by atoms with Crippen LogP contribution >= 0.6 is 23.2 Å². The van der Waals surface area contributed by atoms with E-state index in [2.05, 4.69) is 10.6 Å². The third-order valence-corrected chi connectivity index (χ3v) is 3.28. The van der Waals surface area contributed by atoms with Crippen LogP contribution in [0.2, 0.25) is 10.0 Å². The van der Waals surface area contributed by atoms with E-state index in [4.69, 9.17) is 28.3 Å². The lowest BCUT2D eigenvalue weighted by Crippen LogP contribution is -2.43. The van der Waals surface area contributed by atoms with Gasteiger partial charge in [0.15, 0.2) is 0 Å². The van der Waals surface area contributed by atoms with Gasteiger partial charge in [-0.15, -0.1) is 0 Å². The minimum absolute atomic E-state index is 0.111. The highest BCUT2D eigenvalue weighted by atomic mass is 35.5. The molecule has 3 N–H and O–H groups in total. The zero-order chi connectivity index (χ0) is 13.7. The van der Waals surface area contributed by atoms with E-state index in [9.17, 15) is 4.79 Å². The lowest BCUT2D eigenvalue weighted by molar-refractivity contribution is 0.218. The molecule has 1 rings (SSSR count). The molecule has 18 heavy (non-hydrogen) atoms. The molecule has 0 heterocycles. The van der Waals surface area contributed by atoms with Crippen molar-refractivity contribution >= 4 is 29.2 Å². The van der Waals surface area contributed by atoms with Crippen LogP contribution in [-0.4, -0.2) is 23.8 Å². The number of carbonyl (C=O) groups excluding carboxylic acids is 1. The zero-order valence-corrected chi connectivity index (χ0v) is 11.7. The molecule has 4 nitrogen and oxygen atoms in total. The van der Waals surface area contributed by atoms with Crippen molar-refractivity contribution in [1.82, 2.24) is 10.6 Å². The van der Waals surface area contributed by atoms with Gasteiger partial charge in [-0.1, -0.05) is 35.3 Å². The molecule has 0 aliphatic rings. The quantitative estimate of drug-likeness (QED) is 0.798. The Morgan fingerprint density at radius 2 is 2.00 bits per heavy atom. The van der Waals surface area contributed by atoms with Gasteiger partial charge in [0, 0.05) is 0 Å². The molecule has 2 amide bonds. The maximum absolute atomic E-state index is 11.6. The Balaban J connectivity index is 2.68. The first-order chi connectivity index (χ1) is 8.45. The second-order valence-corrected chi connectivity index (χ2v) is 4.85. The summed E-state index contributed by atoms with van der Waals surface area (Å²) in [5, 5.41) is 15.0. The molecule has 0 radical (unpaired) electrons. The number of rotatable bonds is 4. The Labute approximate surface area is 116 Å². The summed E-state index contributed by atoms with van der Waals surface area (Å²) in [6.45, 7) is 3.40. The maximum Gasteiger partial charge on any atom is 0.315 e. The first-order valence-electron chi connectivity index (χ1n) is 5.57. The van der Waals surface area contributed by atoms with Gasteiger partial charge in [-0.2, -0.15) is 0 Å². The van der Waals surface area contributed by atoms with Crippen molar-refractivity contribution in [3.8, 4) is 0 Å². The molecular weight excluding hydrogens is 275 g/mol. The van der Waals surface area contributed by atoms with Gasteiger partial charge in [0.05, 0.1) is 28.7 Å². The third-order valence-electron chi connectivity index (χ3n) is 2.45. The zero-order valence-electron chi connectivity index (χ0n) is 10.2. The monoisotopic (exact) mass is 290 g/mol. The first-order valence-corrected chi connectivity index (χ1v) is 6.33. The van der Waals surface area contributed by atoms with Crippen LogP contribution in [0.1, 0.15) is 25.5 Å². The summed E-state index contributed by atoms with van der Waals surface area (Å²) in [5.74, 6) is 0. The van der Waals surface area contributed by atoms with Crippen LogP contribution in [0.15, 0.2) is 18.2 Å². The first kappa shape index (κ1) is 15.1. The van der Waals surface area contributed by atoms with Crippen molar-refractivity contribution in [3.63, 3.8) is 0 Å². The van der Waals surface area contributed by atoms with Gasteiger partial charge >= 0.3 is 6.03 Å². The SMILES string of the molecule is CC(CO)NC(=O)NC(C)c1cccc(Cl)c1Cl. The van der Waals surface area contributed by atoms with Gasteiger partial charge in [0.1, 0.15) is 0 Å². The minimum atomic E-state index is -0.361. The van der Waals surface area contributed by atoms with E-state index in [1.165, 1.54) is 0 Å². The Hall–Kier alpha value is -0.970. The number of urea groups is 1. The second kappa shape index (κ2) is 6.83. The van der Waals surface area contributed by atoms with Crippen molar-refractivity contribution in [3.05, 3.63) is 33.8 Å². The standard InChI is InChI=1S/C12H16Cl2N2O2/c1-7(6-17)15-12(18)16-8(2)9-4-3-5-10(13)11(9)14/h3-5,7-8,17H,6H2,1-2H3,(H2,15,16,18). The molecule has 2 atom stereocenters. The predicted octanol–water partition coefficient (Wildman–Crippen LogP) is 2.73. The molecular formula is C12H16Cl2N2O2. The molecule has 0 aliphatic carbocycles. The van der Waals surface area contributed by atoms with Gasteiger partial charge < -0.3 is 15.7 Å². The molecule has 1 aromatic carbocycles. The number of carbonyl (C=O) groups is 1. The molecule has 2 unspecified atom stereocenters. The molecule has 1 aromatic rings. The molecule has 0 fully saturated rings. The summed E-state index contributed by atoms with van der Waals surface area (Å²) in [6.07, 6.45) is 0. The number of benzene rings is 1. The smallest absolute Gasteiger partial charge is 0.315 e. The van der Waals surface area contributed by atoms with Gasteiger partial charge in [-0.25, -0.2) is 4.79 Å². The van der Waals surface area contributed by atoms with Crippen LogP contribution < -0.4 is 10.6 Å². The third kappa shape index (κ3) is 4.05. The predicted molar refractivity (Wildman–Crippen MR) is 73.1 cm³/mol. The molecule has 0 aliphatic heterocycles. The summed E-state index contributed by atoms with van der Waals surface area (Å²) in [4.78, 5) is 11.6. The molecule has 6 heteroatoms. The van der Waals surface area contributed by atoms with Gasteiger partial charge in [-0.3, -0.25) is 0 Å². The van der Waals surface area contributed by atoms with E-state index < -0.39 is 0 Å². The van der Waals surface area contributed by atoms with Crippen LogP contribution in [0.25, 0.3) is 0 Å². The van der Waals surface area contributed by atoms with E-state index in [1.54, 1.807) is 32.0 Å². The molecule has 100 valence electrons. The topological polar surface area (TPSA) is 61.4 Å². The fourth-order valence-corrected chi connectivity index (χ4v) is 1.91. The summed E-state index contributed by atoms with van der Waals surface area (Å²) in [7, 11) is 0. The average molecular weight is 291 g/mol. The fourth-order valence-electron chi connectivity index (χ4n) is 1.44. The van der Waals surface area contributed by atoms with Crippen molar-refractivity contribution < 1.29 is 9.90 Å². The van der Waals surface area contributed by atoms with Crippen molar-refractivity contribution in [2.45, 2.75) is 25.9 Å². The van der Waals surface area contributed by atoms with E-state index in [1.807, 2.05) is 0 Å². The van der Waals surface area contributed by atoms with Crippen LogP contribution in [0.5, 0.6) is 0 Å². The number of hydrogen-bond acceptors (Lipinski definition) is 2. The highest BCUT2D eigenvalue weighted by molar-refractivity contribution is 6.42. The van der Waals surface area contributed by atoms with Crippen LogP contribution in [0, 0.1) is 0 Å². The highest BCUT2D eigenvalue weighted by Crippen LogP contribution is 2.29. The van der Waals surface area contributed by atoms with Gasteiger partial charge in [-0.05, 0) is 25.5 Å². The van der Waals surface area contributed by atoms with Crippen molar-refractivity contribution in [2.24, 2.45) is 0 Å². The summed E-state index contributed by atoms with van der Waals surface area (Å²) < 4.78 is 0. The Kier molecular flexibility index (Phi) is 5.72. The van der Waals surface area contributed by atoms with E-state index >= 15 is 0 Å². The highest BCUT2D eigenvalue weighted by Gasteiger charge is 2.15. The normalized spacial score (nSPS) is 13.8. The van der Waals surface area contributed by atoms with Crippen molar-refractivity contribution in [1.29, 1.82) is 0 Å². The van der Waals surface area contributed by atoms with E-state index in [-0.39, 0.29) is 24.7 Å². The van der Waals surface area contributed by atoms with Crippen LogP contribution in [0.3, 0.4) is 0 Å². The molecule has 0 aromatic heterocycles. The lowest BCUT2D eigenvalue weighted by atomic mass is 10.1. The summed E-state index contributed by atoms with van der Waals surface area (Å²) in [5.41, 5.74) is 0.746. The number of aliphatic hydroxyl groups is 1.